The van der Waals surface area contributed by atoms with E-state index in [4.69, 9.17) is 4.74 Å². The van der Waals surface area contributed by atoms with Crippen molar-refractivity contribution in [2.45, 2.75) is 37.9 Å². The van der Waals surface area contributed by atoms with Crippen LogP contribution in [0.25, 0.3) is 0 Å². The lowest BCUT2D eigenvalue weighted by Gasteiger charge is -2.31. The first-order chi connectivity index (χ1) is 12.3. The van der Waals surface area contributed by atoms with Gasteiger partial charge in [0.05, 0.1) is 6.54 Å². The van der Waals surface area contributed by atoms with Gasteiger partial charge in [-0.3, -0.25) is 9.48 Å². The standard InChI is InChI=1S/C19H24N4O2/c24-19-17(6-11-23(19)16-8-12-25-13-9-16)20-18-7-10-22(21-18)14-15-4-2-1-3-5-15/h1-5,7,10,16-17H,6,8-9,11-14H2,(H,20,21). The molecule has 2 aliphatic rings. The number of anilines is 1. The summed E-state index contributed by atoms with van der Waals surface area (Å²) in [5.74, 6) is 0.965. The Balaban J connectivity index is 1.35. The fourth-order valence-corrected chi connectivity index (χ4v) is 3.67. The fourth-order valence-electron chi connectivity index (χ4n) is 3.67. The van der Waals surface area contributed by atoms with E-state index in [0.29, 0.717) is 6.04 Å². The second-order valence-electron chi connectivity index (χ2n) is 6.74. The summed E-state index contributed by atoms with van der Waals surface area (Å²) >= 11 is 0. The Bertz CT molecular complexity index is 709. The van der Waals surface area contributed by atoms with Crippen molar-refractivity contribution in [3.63, 3.8) is 0 Å². The minimum absolute atomic E-state index is 0.164. The number of amides is 1. The van der Waals surface area contributed by atoms with E-state index >= 15 is 0 Å². The molecule has 3 heterocycles. The van der Waals surface area contributed by atoms with E-state index in [-0.39, 0.29) is 11.9 Å². The maximum absolute atomic E-state index is 12.7. The quantitative estimate of drug-likeness (QED) is 0.906. The third-order valence-corrected chi connectivity index (χ3v) is 5.02. The zero-order chi connectivity index (χ0) is 17.1. The highest BCUT2D eigenvalue weighted by Gasteiger charge is 2.36. The van der Waals surface area contributed by atoms with Crippen LogP contribution in [0.15, 0.2) is 42.6 Å². The lowest BCUT2D eigenvalue weighted by atomic mass is 10.1. The third kappa shape index (κ3) is 3.69. The van der Waals surface area contributed by atoms with E-state index in [9.17, 15) is 4.79 Å². The number of carbonyl (C=O) groups is 1. The van der Waals surface area contributed by atoms with Crippen LogP contribution in [-0.4, -0.2) is 52.4 Å². The Morgan fingerprint density at radius 2 is 1.92 bits per heavy atom. The molecule has 2 aliphatic heterocycles. The predicted molar refractivity (Wildman–Crippen MR) is 95.4 cm³/mol. The maximum Gasteiger partial charge on any atom is 0.245 e. The van der Waals surface area contributed by atoms with Crippen LogP contribution in [0.2, 0.25) is 0 Å². The Kier molecular flexibility index (Phi) is 4.70. The van der Waals surface area contributed by atoms with E-state index < -0.39 is 0 Å². The first-order valence-electron chi connectivity index (χ1n) is 9.02. The number of nitrogens with zero attached hydrogens (tertiary/aromatic N) is 3. The number of hydrogen-bond acceptors (Lipinski definition) is 4. The number of nitrogens with one attached hydrogen (secondary N) is 1. The highest BCUT2D eigenvalue weighted by molar-refractivity contribution is 5.86. The monoisotopic (exact) mass is 340 g/mol. The molecule has 0 bridgehead atoms. The summed E-state index contributed by atoms with van der Waals surface area (Å²) in [6.45, 7) is 3.08. The average Bonchev–Trinajstić information content (AvgIpc) is 3.24. The summed E-state index contributed by atoms with van der Waals surface area (Å²) in [6.07, 6.45) is 4.68. The van der Waals surface area contributed by atoms with Crippen molar-refractivity contribution in [2.75, 3.05) is 25.1 Å². The number of aromatic nitrogens is 2. The van der Waals surface area contributed by atoms with Gasteiger partial charge in [0.15, 0.2) is 0 Å². The van der Waals surface area contributed by atoms with Gasteiger partial charge < -0.3 is 15.0 Å². The van der Waals surface area contributed by atoms with Gasteiger partial charge in [0.1, 0.15) is 11.9 Å². The minimum Gasteiger partial charge on any atom is -0.381 e. The summed E-state index contributed by atoms with van der Waals surface area (Å²) in [6, 6.07) is 12.3. The lowest BCUT2D eigenvalue weighted by molar-refractivity contribution is -0.131. The normalized spacial score (nSPS) is 21.7. The predicted octanol–water partition coefficient (Wildman–Crippen LogP) is 2.12. The van der Waals surface area contributed by atoms with Crippen LogP contribution in [0, 0.1) is 0 Å². The van der Waals surface area contributed by atoms with Crippen LogP contribution >= 0.6 is 0 Å². The second-order valence-corrected chi connectivity index (χ2v) is 6.74. The highest BCUT2D eigenvalue weighted by atomic mass is 16.5. The molecule has 0 saturated carbocycles. The van der Waals surface area contributed by atoms with Crippen molar-refractivity contribution in [3.05, 3.63) is 48.2 Å². The van der Waals surface area contributed by atoms with Crippen molar-refractivity contribution in [1.29, 1.82) is 0 Å². The number of rotatable bonds is 5. The van der Waals surface area contributed by atoms with E-state index in [2.05, 4.69) is 22.5 Å². The van der Waals surface area contributed by atoms with E-state index in [1.165, 1.54) is 5.56 Å². The molecule has 1 unspecified atom stereocenters. The zero-order valence-electron chi connectivity index (χ0n) is 14.3. The van der Waals surface area contributed by atoms with E-state index in [1.54, 1.807) is 0 Å². The van der Waals surface area contributed by atoms with E-state index in [1.807, 2.05) is 40.0 Å². The average molecular weight is 340 g/mol. The van der Waals surface area contributed by atoms with Gasteiger partial charge in [-0.05, 0) is 24.8 Å². The molecule has 1 amide bonds. The first kappa shape index (κ1) is 16.1. The topological polar surface area (TPSA) is 59.4 Å². The molecule has 1 N–H and O–H groups in total. The molecule has 2 aromatic rings. The molecule has 132 valence electrons. The van der Waals surface area contributed by atoms with Crippen molar-refractivity contribution in [3.8, 4) is 0 Å². The summed E-state index contributed by atoms with van der Waals surface area (Å²) in [4.78, 5) is 14.7. The van der Waals surface area contributed by atoms with Gasteiger partial charge in [-0.2, -0.15) is 5.10 Å². The number of benzene rings is 1. The molecule has 2 fully saturated rings. The highest BCUT2D eigenvalue weighted by Crippen LogP contribution is 2.23. The van der Waals surface area contributed by atoms with Crippen molar-refractivity contribution < 1.29 is 9.53 Å². The number of likely N-dealkylation sites (tertiary alicyclic amines) is 1. The molecule has 0 aliphatic carbocycles. The van der Waals surface area contributed by atoms with Crippen LogP contribution in [-0.2, 0) is 16.1 Å². The molecule has 2 saturated heterocycles. The number of carbonyl (C=O) groups excluding carboxylic acids is 1. The summed E-state index contributed by atoms with van der Waals surface area (Å²) in [7, 11) is 0. The van der Waals surface area contributed by atoms with Crippen molar-refractivity contribution >= 4 is 11.7 Å². The van der Waals surface area contributed by atoms with Crippen LogP contribution in [0.3, 0.4) is 0 Å². The van der Waals surface area contributed by atoms with Gasteiger partial charge in [-0.15, -0.1) is 0 Å². The zero-order valence-corrected chi connectivity index (χ0v) is 14.3. The molecule has 25 heavy (non-hydrogen) atoms. The molecule has 0 spiro atoms. The molecular formula is C19H24N4O2. The summed E-state index contributed by atoms with van der Waals surface area (Å²) in [5, 5.41) is 7.87. The summed E-state index contributed by atoms with van der Waals surface area (Å²) in [5.41, 5.74) is 1.21. The SMILES string of the molecule is O=C1C(Nc2ccn(Cc3ccccc3)n2)CCN1C1CCOCC1. The molecule has 4 rings (SSSR count). The van der Waals surface area contributed by atoms with Gasteiger partial charge >= 0.3 is 0 Å². The van der Waals surface area contributed by atoms with Gasteiger partial charge in [0.25, 0.3) is 0 Å². The van der Waals surface area contributed by atoms with Crippen LogP contribution in [0.5, 0.6) is 0 Å². The summed E-state index contributed by atoms with van der Waals surface area (Å²) < 4.78 is 7.30. The van der Waals surface area contributed by atoms with Crippen molar-refractivity contribution in [2.24, 2.45) is 0 Å². The molecule has 1 aromatic heterocycles. The van der Waals surface area contributed by atoms with Gasteiger partial charge in [0, 0.05) is 38.1 Å². The van der Waals surface area contributed by atoms with Gasteiger partial charge in [0.2, 0.25) is 5.91 Å². The Labute approximate surface area is 147 Å². The van der Waals surface area contributed by atoms with E-state index in [0.717, 1.165) is 51.4 Å². The molecule has 1 atom stereocenters. The van der Waals surface area contributed by atoms with Crippen LogP contribution in [0.1, 0.15) is 24.8 Å². The van der Waals surface area contributed by atoms with Crippen molar-refractivity contribution in [1.82, 2.24) is 14.7 Å². The second kappa shape index (κ2) is 7.27. The first-order valence-corrected chi connectivity index (χ1v) is 9.02. The smallest absolute Gasteiger partial charge is 0.245 e. The Morgan fingerprint density at radius 3 is 2.72 bits per heavy atom. The number of ether oxygens (including phenoxy) is 1. The molecule has 0 radical (unpaired) electrons. The Hall–Kier alpha value is -2.34. The fraction of sp³-hybridized carbons (Fsp3) is 0.474. The molecule has 1 aromatic carbocycles. The number of hydrogen-bond donors (Lipinski definition) is 1. The third-order valence-electron chi connectivity index (χ3n) is 5.02. The molecule has 6 nitrogen and oxygen atoms in total. The van der Waals surface area contributed by atoms with Crippen LogP contribution < -0.4 is 5.32 Å². The van der Waals surface area contributed by atoms with Gasteiger partial charge in [-0.25, -0.2) is 0 Å². The molecular weight excluding hydrogens is 316 g/mol. The van der Waals surface area contributed by atoms with Crippen LogP contribution in [0.4, 0.5) is 5.82 Å². The lowest BCUT2D eigenvalue weighted by Crippen LogP contribution is -2.43. The maximum atomic E-state index is 12.7. The molecule has 6 heteroatoms. The largest absolute Gasteiger partial charge is 0.381 e. The minimum atomic E-state index is -0.164. The van der Waals surface area contributed by atoms with Gasteiger partial charge in [-0.1, -0.05) is 30.3 Å². The Morgan fingerprint density at radius 1 is 1.12 bits per heavy atom.